The fourth-order valence-electron chi connectivity index (χ4n) is 2.35. The molecule has 1 aliphatic carbocycles. The van der Waals surface area contributed by atoms with Gasteiger partial charge in [0.25, 0.3) is 0 Å². The van der Waals surface area contributed by atoms with Crippen molar-refractivity contribution in [3.05, 3.63) is 0 Å². The van der Waals surface area contributed by atoms with Gasteiger partial charge in [-0.1, -0.05) is 6.92 Å². The summed E-state index contributed by atoms with van der Waals surface area (Å²) in [5, 5.41) is 18.4. The van der Waals surface area contributed by atoms with E-state index in [1.165, 1.54) is 4.90 Å². The minimum atomic E-state index is -1.02. The molecule has 0 aromatic rings. The molecule has 0 spiro atoms. The predicted molar refractivity (Wildman–Crippen MR) is 55.6 cm³/mol. The highest BCUT2D eigenvalue weighted by atomic mass is 16.4. The number of hydrogen-bond donors (Lipinski definition) is 2. The van der Waals surface area contributed by atoms with Crippen molar-refractivity contribution < 1.29 is 19.8 Å². The number of carbonyl (C=O) groups excluding carboxylic acids is 1. The van der Waals surface area contributed by atoms with E-state index in [0.717, 1.165) is 12.8 Å². The summed E-state index contributed by atoms with van der Waals surface area (Å²) in [6, 6.07) is -0.844. The number of nitrogens with zero attached hydrogens (tertiary/aromatic N) is 1. The highest BCUT2D eigenvalue weighted by molar-refractivity contribution is 5.86. The topological polar surface area (TPSA) is 77.8 Å². The lowest BCUT2D eigenvalue weighted by Gasteiger charge is -2.24. The average Bonchev–Trinajstić information content (AvgIpc) is 2.99. The zero-order valence-corrected chi connectivity index (χ0v) is 9.30. The predicted octanol–water partition coefficient (Wildman–Crippen LogP) is 0.0789. The van der Waals surface area contributed by atoms with E-state index >= 15 is 0 Å². The second kappa shape index (κ2) is 4.05. The number of carbonyl (C=O) groups is 2. The van der Waals surface area contributed by atoms with E-state index in [2.05, 4.69) is 0 Å². The van der Waals surface area contributed by atoms with Gasteiger partial charge in [-0.2, -0.15) is 0 Å². The van der Waals surface area contributed by atoms with Gasteiger partial charge in [0.1, 0.15) is 6.04 Å². The quantitative estimate of drug-likeness (QED) is 0.715. The maximum atomic E-state index is 12.0. The first kappa shape index (κ1) is 11.4. The van der Waals surface area contributed by atoms with Crippen molar-refractivity contribution in [2.75, 3.05) is 6.54 Å². The summed E-state index contributed by atoms with van der Waals surface area (Å²) in [6.45, 7) is 2.01. The van der Waals surface area contributed by atoms with E-state index < -0.39 is 18.1 Å². The fourth-order valence-corrected chi connectivity index (χ4v) is 2.35. The van der Waals surface area contributed by atoms with E-state index in [4.69, 9.17) is 5.11 Å². The molecule has 5 heteroatoms. The summed E-state index contributed by atoms with van der Waals surface area (Å²) < 4.78 is 0. The monoisotopic (exact) mass is 227 g/mol. The molecule has 1 heterocycles. The van der Waals surface area contributed by atoms with Crippen LogP contribution in [-0.4, -0.2) is 45.7 Å². The molecule has 0 bridgehead atoms. The molecule has 3 atom stereocenters. The van der Waals surface area contributed by atoms with Gasteiger partial charge < -0.3 is 15.1 Å². The molecule has 0 radical (unpaired) electrons. The van der Waals surface area contributed by atoms with Crippen LogP contribution in [0, 0.1) is 11.8 Å². The number of hydrogen-bond acceptors (Lipinski definition) is 3. The summed E-state index contributed by atoms with van der Waals surface area (Å²) in [7, 11) is 0. The normalized spacial score (nSPS) is 31.5. The maximum absolute atomic E-state index is 12.0. The third kappa shape index (κ3) is 2.04. The Morgan fingerprint density at radius 1 is 1.38 bits per heavy atom. The van der Waals surface area contributed by atoms with Gasteiger partial charge in [0.15, 0.2) is 0 Å². The first-order chi connectivity index (χ1) is 7.50. The van der Waals surface area contributed by atoms with Crippen LogP contribution >= 0.6 is 0 Å². The average molecular weight is 227 g/mol. The van der Waals surface area contributed by atoms with Crippen molar-refractivity contribution in [1.29, 1.82) is 0 Å². The molecule has 1 saturated heterocycles. The van der Waals surface area contributed by atoms with Crippen LogP contribution in [0.3, 0.4) is 0 Å². The van der Waals surface area contributed by atoms with Crippen molar-refractivity contribution in [2.24, 2.45) is 11.8 Å². The van der Waals surface area contributed by atoms with Gasteiger partial charge in [-0.3, -0.25) is 4.79 Å². The zero-order chi connectivity index (χ0) is 11.9. The van der Waals surface area contributed by atoms with Crippen molar-refractivity contribution in [3.8, 4) is 0 Å². The lowest BCUT2D eigenvalue weighted by molar-refractivity contribution is -0.150. The number of β-amino-alcohol motifs (C(OH)–C–C–N with tert-alkyl or cyclic N) is 1. The molecule has 2 aliphatic rings. The van der Waals surface area contributed by atoms with Crippen LogP contribution in [0.2, 0.25) is 0 Å². The number of carboxylic acids is 1. The van der Waals surface area contributed by atoms with Gasteiger partial charge in [-0.25, -0.2) is 4.79 Å². The Kier molecular flexibility index (Phi) is 2.88. The van der Waals surface area contributed by atoms with Crippen molar-refractivity contribution in [1.82, 2.24) is 4.90 Å². The van der Waals surface area contributed by atoms with Crippen LogP contribution in [0.15, 0.2) is 0 Å². The lowest BCUT2D eigenvalue weighted by atomic mass is 10.0. The molecule has 90 valence electrons. The minimum Gasteiger partial charge on any atom is -0.480 e. The summed E-state index contributed by atoms with van der Waals surface area (Å²) in [5.74, 6) is -0.828. The standard InChI is InChI=1S/C11H17NO4/c1-6(7-2-3-7)10(14)12-5-8(13)4-9(12)11(15)16/h6-9,13H,2-5H2,1H3,(H,15,16)/t6?,8-,9+/m1/s1. The molecule has 1 unspecified atom stereocenters. The summed E-state index contributed by atoms with van der Waals surface area (Å²) in [4.78, 5) is 24.3. The van der Waals surface area contributed by atoms with Crippen LogP contribution in [0.5, 0.6) is 0 Å². The van der Waals surface area contributed by atoms with Gasteiger partial charge in [0.05, 0.1) is 6.10 Å². The van der Waals surface area contributed by atoms with Crippen molar-refractivity contribution >= 4 is 11.9 Å². The second-order valence-corrected chi connectivity index (χ2v) is 4.86. The Labute approximate surface area is 94.0 Å². The highest BCUT2D eigenvalue weighted by Crippen LogP contribution is 2.38. The molecule has 0 aromatic heterocycles. The van der Waals surface area contributed by atoms with Crippen molar-refractivity contribution in [2.45, 2.75) is 38.3 Å². The molecular weight excluding hydrogens is 210 g/mol. The molecule has 1 saturated carbocycles. The second-order valence-electron chi connectivity index (χ2n) is 4.86. The van der Waals surface area contributed by atoms with E-state index in [1.807, 2.05) is 6.92 Å². The van der Waals surface area contributed by atoms with Gasteiger partial charge in [0.2, 0.25) is 5.91 Å². The van der Waals surface area contributed by atoms with E-state index in [0.29, 0.717) is 5.92 Å². The summed E-state index contributed by atoms with van der Waals surface area (Å²) in [6.07, 6.45) is 1.57. The van der Waals surface area contributed by atoms with Gasteiger partial charge in [0, 0.05) is 18.9 Å². The third-order valence-corrected chi connectivity index (χ3v) is 3.57. The Morgan fingerprint density at radius 3 is 2.50 bits per heavy atom. The van der Waals surface area contributed by atoms with Crippen LogP contribution in [0.25, 0.3) is 0 Å². The van der Waals surface area contributed by atoms with Gasteiger partial charge in [-0.05, 0) is 18.8 Å². The Balaban J connectivity index is 2.06. The SMILES string of the molecule is CC(C(=O)N1C[C@H](O)C[C@H]1C(=O)O)C1CC1. The van der Waals surface area contributed by atoms with Crippen LogP contribution in [0.4, 0.5) is 0 Å². The number of amides is 1. The Hall–Kier alpha value is -1.10. The number of aliphatic hydroxyl groups excluding tert-OH is 1. The minimum absolute atomic E-state index is 0.104. The molecule has 1 aliphatic heterocycles. The number of carboxylic acid groups (broad SMARTS) is 1. The fraction of sp³-hybridized carbons (Fsp3) is 0.818. The molecular formula is C11H17NO4. The number of aliphatic hydroxyl groups is 1. The third-order valence-electron chi connectivity index (χ3n) is 3.57. The maximum Gasteiger partial charge on any atom is 0.326 e. The molecule has 1 amide bonds. The molecule has 5 nitrogen and oxygen atoms in total. The highest BCUT2D eigenvalue weighted by Gasteiger charge is 2.43. The number of likely N-dealkylation sites (tertiary alicyclic amines) is 1. The summed E-state index contributed by atoms with van der Waals surface area (Å²) in [5.41, 5.74) is 0. The molecule has 2 N–H and O–H groups in total. The molecule has 2 fully saturated rings. The van der Waals surface area contributed by atoms with E-state index in [1.54, 1.807) is 0 Å². The van der Waals surface area contributed by atoms with Crippen molar-refractivity contribution in [3.63, 3.8) is 0 Å². The Morgan fingerprint density at radius 2 is 2.00 bits per heavy atom. The Bertz CT molecular complexity index is 313. The molecule has 2 rings (SSSR count). The van der Waals surface area contributed by atoms with Gasteiger partial charge in [-0.15, -0.1) is 0 Å². The smallest absolute Gasteiger partial charge is 0.326 e. The number of aliphatic carboxylic acids is 1. The van der Waals surface area contributed by atoms with E-state index in [-0.39, 0.29) is 24.8 Å². The van der Waals surface area contributed by atoms with Crippen LogP contribution in [0.1, 0.15) is 26.2 Å². The van der Waals surface area contributed by atoms with Crippen LogP contribution in [-0.2, 0) is 9.59 Å². The number of rotatable bonds is 3. The lowest BCUT2D eigenvalue weighted by Crippen LogP contribution is -2.43. The van der Waals surface area contributed by atoms with E-state index in [9.17, 15) is 14.7 Å². The van der Waals surface area contributed by atoms with Gasteiger partial charge >= 0.3 is 5.97 Å². The molecule has 16 heavy (non-hydrogen) atoms. The first-order valence-electron chi connectivity index (χ1n) is 5.72. The van der Waals surface area contributed by atoms with Crippen LogP contribution < -0.4 is 0 Å². The zero-order valence-electron chi connectivity index (χ0n) is 9.30. The largest absolute Gasteiger partial charge is 0.480 e. The first-order valence-corrected chi connectivity index (χ1v) is 5.72. The summed E-state index contributed by atoms with van der Waals surface area (Å²) >= 11 is 0. The molecule has 0 aromatic carbocycles.